The third-order valence-corrected chi connectivity index (χ3v) is 3.62. The van der Waals surface area contributed by atoms with Crippen LogP contribution in [-0.2, 0) is 11.3 Å². The summed E-state index contributed by atoms with van der Waals surface area (Å²) in [4.78, 5) is 12.2. The summed E-state index contributed by atoms with van der Waals surface area (Å²) in [5.74, 6) is 0.517. The van der Waals surface area contributed by atoms with Crippen molar-refractivity contribution < 1.29 is 9.53 Å². The lowest BCUT2D eigenvalue weighted by Crippen LogP contribution is -2.30. The zero-order valence-corrected chi connectivity index (χ0v) is 13.2. The molecule has 1 atom stereocenters. The number of ether oxygens (including phenoxy) is 1. The van der Waals surface area contributed by atoms with Gasteiger partial charge in [-0.1, -0.05) is 18.2 Å². The third-order valence-electron chi connectivity index (χ3n) is 3.62. The Bertz CT molecular complexity index is 651. The van der Waals surface area contributed by atoms with Gasteiger partial charge >= 0.3 is 0 Å². The molecule has 4 heteroatoms. The van der Waals surface area contributed by atoms with Crippen molar-refractivity contribution >= 4 is 11.6 Å². The second-order valence-electron chi connectivity index (χ2n) is 5.40. The van der Waals surface area contributed by atoms with Gasteiger partial charge in [-0.2, -0.15) is 0 Å². The lowest BCUT2D eigenvalue weighted by Gasteiger charge is -2.15. The number of aryl methyl sites for hydroxylation is 2. The summed E-state index contributed by atoms with van der Waals surface area (Å²) in [5.41, 5.74) is 9.65. The average Bonchev–Trinajstić information content (AvgIpc) is 2.51. The summed E-state index contributed by atoms with van der Waals surface area (Å²) < 4.78 is 5.70. The predicted molar refractivity (Wildman–Crippen MR) is 89.0 cm³/mol. The number of hydrogen-bond acceptors (Lipinski definition) is 3. The van der Waals surface area contributed by atoms with Crippen LogP contribution in [0, 0.1) is 13.8 Å². The molecule has 0 aromatic heterocycles. The van der Waals surface area contributed by atoms with E-state index in [0.717, 1.165) is 16.8 Å². The lowest BCUT2D eigenvalue weighted by molar-refractivity contribution is -0.122. The van der Waals surface area contributed by atoms with E-state index in [0.29, 0.717) is 12.3 Å². The molecule has 0 saturated heterocycles. The summed E-state index contributed by atoms with van der Waals surface area (Å²) in [7, 11) is 0. The van der Waals surface area contributed by atoms with Crippen molar-refractivity contribution in [2.24, 2.45) is 5.73 Å². The fourth-order valence-corrected chi connectivity index (χ4v) is 2.01. The molecule has 3 N–H and O–H groups in total. The molecule has 1 unspecified atom stereocenters. The van der Waals surface area contributed by atoms with Gasteiger partial charge in [-0.25, -0.2) is 0 Å². The van der Waals surface area contributed by atoms with Crippen LogP contribution in [0.5, 0.6) is 5.75 Å². The van der Waals surface area contributed by atoms with Crippen LogP contribution in [0.15, 0.2) is 42.5 Å². The molecule has 2 aromatic rings. The van der Waals surface area contributed by atoms with Crippen molar-refractivity contribution in [2.75, 3.05) is 5.32 Å². The number of carbonyl (C=O) groups excluding carboxylic acids is 1. The van der Waals surface area contributed by atoms with E-state index in [1.165, 1.54) is 5.56 Å². The summed E-state index contributed by atoms with van der Waals surface area (Å²) in [6.07, 6.45) is -0.573. The minimum atomic E-state index is -0.573. The van der Waals surface area contributed by atoms with Crippen LogP contribution < -0.4 is 15.8 Å². The zero-order chi connectivity index (χ0) is 16.1. The maximum Gasteiger partial charge on any atom is 0.265 e. The van der Waals surface area contributed by atoms with Crippen LogP contribution in [0.1, 0.15) is 23.6 Å². The Morgan fingerprint density at radius 3 is 2.41 bits per heavy atom. The zero-order valence-electron chi connectivity index (χ0n) is 13.2. The molecule has 2 rings (SSSR count). The Balaban J connectivity index is 1.97. The summed E-state index contributed by atoms with van der Waals surface area (Å²) in [6, 6.07) is 13.3. The molecule has 0 bridgehead atoms. The number of amides is 1. The molecule has 0 spiro atoms. The molecule has 2 aromatic carbocycles. The minimum absolute atomic E-state index is 0.182. The van der Waals surface area contributed by atoms with Crippen molar-refractivity contribution in [3.05, 3.63) is 59.2 Å². The van der Waals surface area contributed by atoms with E-state index in [9.17, 15) is 4.79 Å². The van der Waals surface area contributed by atoms with Crippen LogP contribution in [0.3, 0.4) is 0 Å². The Hall–Kier alpha value is -2.33. The van der Waals surface area contributed by atoms with Gasteiger partial charge in [0.25, 0.3) is 5.91 Å². The Morgan fingerprint density at radius 2 is 1.82 bits per heavy atom. The highest BCUT2D eigenvalue weighted by Gasteiger charge is 2.15. The second-order valence-corrected chi connectivity index (χ2v) is 5.40. The fourth-order valence-electron chi connectivity index (χ4n) is 2.01. The van der Waals surface area contributed by atoms with Gasteiger partial charge in [0.2, 0.25) is 0 Å². The van der Waals surface area contributed by atoms with Gasteiger partial charge in [-0.05, 0) is 61.7 Å². The third kappa shape index (κ3) is 4.09. The van der Waals surface area contributed by atoms with Crippen molar-refractivity contribution in [1.82, 2.24) is 0 Å². The first kappa shape index (κ1) is 16.0. The van der Waals surface area contributed by atoms with Gasteiger partial charge in [0.15, 0.2) is 6.10 Å². The number of rotatable bonds is 5. The molecule has 4 nitrogen and oxygen atoms in total. The van der Waals surface area contributed by atoms with E-state index in [-0.39, 0.29) is 5.91 Å². The molecule has 0 heterocycles. The topological polar surface area (TPSA) is 64.3 Å². The average molecular weight is 298 g/mol. The van der Waals surface area contributed by atoms with Crippen molar-refractivity contribution in [3.63, 3.8) is 0 Å². The molecule has 0 aliphatic rings. The van der Waals surface area contributed by atoms with Crippen LogP contribution in [0.2, 0.25) is 0 Å². The van der Waals surface area contributed by atoms with Crippen LogP contribution >= 0.6 is 0 Å². The highest BCUT2D eigenvalue weighted by Crippen LogP contribution is 2.18. The van der Waals surface area contributed by atoms with Crippen molar-refractivity contribution in [3.8, 4) is 5.75 Å². The number of anilines is 1. The quantitative estimate of drug-likeness (QED) is 0.891. The van der Waals surface area contributed by atoms with E-state index in [4.69, 9.17) is 10.5 Å². The predicted octanol–water partition coefficient (Wildman–Crippen LogP) is 3.17. The first-order valence-corrected chi connectivity index (χ1v) is 7.33. The monoisotopic (exact) mass is 298 g/mol. The summed E-state index contributed by atoms with van der Waals surface area (Å²) in [6.45, 7) is 6.28. The number of carbonyl (C=O) groups is 1. The highest BCUT2D eigenvalue weighted by molar-refractivity contribution is 5.94. The van der Waals surface area contributed by atoms with Gasteiger partial charge in [-0.3, -0.25) is 4.79 Å². The number of benzene rings is 2. The molecule has 0 radical (unpaired) electrons. The maximum atomic E-state index is 12.2. The van der Waals surface area contributed by atoms with Gasteiger partial charge in [0, 0.05) is 12.2 Å². The van der Waals surface area contributed by atoms with Gasteiger partial charge < -0.3 is 15.8 Å². The number of hydrogen-bond donors (Lipinski definition) is 2. The standard InChI is InChI=1S/C18H22N2O2/c1-12-4-9-17(10-13(12)2)22-14(3)18(21)20-16-7-5-15(11-19)6-8-16/h4-10,14H,11,19H2,1-3H3,(H,20,21). The smallest absolute Gasteiger partial charge is 0.265 e. The van der Waals surface area contributed by atoms with Gasteiger partial charge in [0.1, 0.15) is 5.75 Å². The molecule has 22 heavy (non-hydrogen) atoms. The van der Waals surface area contributed by atoms with E-state index in [1.807, 2.05) is 56.3 Å². The summed E-state index contributed by atoms with van der Waals surface area (Å²) in [5, 5.41) is 2.83. The van der Waals surface area contributed by atoms with Crippen LogP contribution in [0.4, 0.5) is 5.69 Å². The molecule has 0 saturated carbocycles. The molecular weight excluding hydrogens is 276 g/mol. The highest BCUT2D eigenvalue weighted by atomic mass is 16.5. The molecule has 0 fully saturated rings. The SMILES string of the molecule is Cc1ccc(OC(C)C(=O)Nc2ccc(CN)cc2)cc1C. The Labute approximate surface area is 131 Å². The van der Waals surface area contributed by atoms with Crippen LogP contribution in [-0.4, -0.2) is 12.0 Å². The molecule has 116 valence electrons. The van der Waals surface area contributed by atoms with Gasteiger partial charge in [-0.15, -0.1) is 0 Å². The second kappa shape index (κ2) is 7.09. The Kier molecular flexibility index (Phi) is 5.17. The summed E-state index contributed by atoms with van der Waals surface area (Å²) >= 11 is 0. The normalized spacial score (nSPS) is 11.8. The largest absolute Gasteiger partial charge is 0.481 e. The van der Waals surface area contributed by atoms with E-state index in [1.54, 1.807) is 6.92 Å². The number of nitrogens with two attached hydrogens (primary N) is 1. The van der Waals surface area contributed by atoms with Crippen LogP contribution in [0.25, 0.3) is 0 Å². The first-order chi connectivity index (χ1) is 10.5. The molecule has 0 aliphatic heterocycles. The maximum absolute atomic E-state index is 12.2. The van der Waals surface area contributed by atoms with E-state index >= 15 is 0 Å². The molecule has 0 aliphatic carbocycles. The van der Waals surface area contributed by atoms with E-state index < -0.39 is 6.10 Å². The van der Waals surface area contributed by atoms with Crippen molar-refractivity contribution in [1.29, 1.82) is 0 Å². The first-order valence-electron chi connectivity index (χ1n) is 7.33. The molecular formula is C18H22N2O2. The van der Waals surface area contributed by atoms with E-state index in [2.05, 4.69) is 5.32 Å². The molecule has 1 amide bonds. The van der Waals surface area contributed by atoms with Gasteiger partial charge in [0.05, 0.1) is 0 Å². The fraction of sp³-hybridized carbons (Fsp3) is 0.278. The number of nitrogens with one attached hydrogen (secondary N) is 1. The minimum Gasteiger partial charge on any atom is -0.481 e. The van der Waals surface area contributed by atoms with Crippen molar-refractivity contribution in [2.45, 2.75) is 33.4 Å². The Morgan fingerprint density at radius 1 is 1.14 bits per heavy atom. The lowest BCUT2D eigenvalue weighted by atomic mass is 10.1.